The van der Waals surface area contributed by atoms with Crippen LogP contribution in [-0.2, 0) is 11.0 Å². The SMILES string of the molecule is CC(c1ccc(C(F)(F)F)cc1)N1CCCC1C(=O)O. The lowest BCUT2D eigenvalue weighted by atomic mass is 10.0. The number of carboxylic acids is 1. The molecule has 3 nitrogen and oxygen atoms in total. The van der Waals surface area contributed by atoms with Crippen LogP contribution in [0.5, 0.6) is 0 Å². The van der Waals surface area contributed by atoms with Crippen LogP contribution < -0.4 is 0 Å². The number of alkyl halides is 3. The van der Waals surface area contributed by atoms with Crippen molar-refractivity contribution < 1.29 is 23.1 Å². The summed E-state index contributed by atoms with van der Waals surface area (Å²) in [5.74, 6) is -0.874. The summed E-state index contributed by atoms with van der Waals surface area (Å²) in [4.78, 5) is 13.0. The predicted octanol–water partition coefficient (Wildman–Crippen LogP) is 3.32. The molecular weight excluding hydrogens is 271 g/mol. The van der Waals surface area contributed by atoms with Crippen LogP contribution in [0.3, 0.4) is 0 Å². The van der Waals surface area contributed by atoms with E-state index in [1.165, 1.54) is 12.1 Å². The molecule has 0 aromatic heterocycles. The Bertz CT molecular complexity index is 484. The van der Waals surface area contributed by atoms with Crippen LogP contribution in [0.15, 0.2) is 24.3 Å². The first-order valence-corrected chi connectivity index (χ1v) is 6.46. The Hall–Kier alpha value is -1.56. The highest BCUT2D eigenvalue weighted by molar-refractivity contribution is 5.73. The van der Waals surface area contributed by atoms with Crippen molar-refractivity contribution in [3.05, 3.63) is 35.4 Å². The van der Waals surface area contributed by atoms with Gasteiger partial charge in [0.15, 0.2) is 0 Å². The molecule has 0 radical (unpaired) electrons. The fourth-order valence-electron chi connectivity index (χ4n) is 2.66. The van der Waals surface area contributed by atoms with Gasteiger partial charge in [-0.3, -0.25) is 9.69 Å². The molecule has 110 valence electrons. The predicted molar refractivity (Wildman–Crippen MR) is 67.2 cm³/mol. The van der Waals surface area contributed by atoms with E-state index in [1.54, 1.807) is 0 Å². The third-order valence-electron chi connectivity index (χ3n) is 3.80. The minimum Gasteiger partial charge on any atom is -0.480 e. The van der Waals surface area contributed by atoms with Gasteiger partial charge in [0.1, 0.15) is 6.04 Å². The number of rotatable bonds is 3. The fraction of sp³-hybridized carbons (Fsp3) is 0.500. The van der Waals surface area contributed by atoms with Gasteiger partial charge >= 0.3 is 12.1 Å². The summed E-state index contributed by atoms with van der Waals surface area (Å²) in [7, 11) is 0. The molecule has 20 heavy (non-hydrogen) atoms. The Morgan fingerprint density at radius 3 is 2.45 bits per heavy atom. The highest BCUT2D eigenvalue weighted by Crippen LogP contribution is 2.33. The first-order chi connectivity index (χ1) is 9.30. The van der Waals surface area contributed by atoms with Gasteiger partial charge in [0.2, 0.25) is 0 Å². The average molecular weight is 287 g/mol. The van der Waals surface area contributed by atoms with Gasteiger partial charge in [-0.2, -0.15) is 13.2 Å². The summed E-state index contributed by atoms with van der Waals surface area (Å²) in [5, 5.41) is 9.14. The second kappa shape index (κ2) is 5.44. The van der Waals surface area contributed by atoms with Crippen LogP contribution in [0.2, 0.25) is 0 Å². The van der Waals surface area contributed by atoms with Crippen molar-refractivity contribution in [1.29, 1.82) is 0 Å². The van der Waals surface area contributed by atoms with Gasteiger partial charge in [-0.25, -0.2) is 0 Å². The van der Waals surface area contributed by atoms with E-state index in [0.717, 1.165) is 18.6 Å². The molecule has 1 aliphatic heterocycles. The van der Waals surface area contributed by atoms with Crippen LogP contribution in [0.4, 0.5) is 13.2 Å². The largest absolute Gasteiger partial charge is 0.480 e. The van der Waals surface area contributed by atoms with Crippen molar-refractivity contribution in [2.24, 2.45) is 0 Å². The average Bonchev–Trinajstić information content (AvgIpc) is 2.86. The summed E-state index contributed by atoms with van der Waals surface area (Å²) < 4.78 is 37.5. The van der Waals surface area contributed by atoms with E-state index in [9.17, 15) is 18.0 Å². The van der Waals surface area contributed by atoms with Gasteiger partial charge < -0.3 is 5.11 Å². The van der Waals surface area contributed by atoms with Crippen molar-refractivity contribution in [3.63, 3.8) is 0 Å². The quantitative estimate of drug-likeness (QED) is 0.927. The van der Waals surface area contributed by atoms with Gasteiger partial charge in [0.25, 0.3) is 0 Å². The molecule has 0 aliphatic carbocycles. The van der Waals surface area contributed by atoms with Crippen LogP contribution in [0.1, 0.15) is 36.9 Å². The van der Waals surface area contributed by atoms with E-state index < -0.39 is 23.8 Å². The zero-order chi connectivity index (χ0) is 14.9. The van der Waals surface area contributed by atoms with Gasteiger partial charge in [-0.1, -0.05) is 12.1 Å². The summed E-state index contributed by atoms with van der Waals surface area (Å²) in [5.41, 5.74) is 0.0100. The maximum absolute atomic E-state index is 12.5. The van der Waals surface area contributed by atoms with Crippen LogP contribution >= 0.6 is 0 Å². The maximum Gasteiger partial charge on any atom is 0.416 e. The molecule has 1 aromatic rings. The Balaban J connectivity index is 2.17. The molecule has 1 N–H and O–H groups in total. The van der Waals surface area contributed by atoms with Crippen molar-refractivity contribution in [2.75, 3.05) is 6.54 Å². The molecule has 6 heteroatoms. The molecule has 0 amide bonds. The monoisotopic (exact) mass is 287 g/mol. The van der Waals surface area contributed by atoms with Crippen LogP contribution in [0.25, 0.3) is 0 Å². The Morgan fingerprint density at radius 1 is 1.35 bits per heavy atom. The first-order valence-electron chi connectivity index (χ1n) is 6.46. The van der Waals surface area contributed by atoms with E-state index in [-0.39, 0.29) is 6.04 Å². The number of carbonyl (C=O) groups is 1. The van der Waals surface area contributed by atoms with Crippen molar-refractivity contribution in [3.8, 4) is 0 Å². The molecule has 0 spiro atoms. The number of carboxylic acid groups (broad SMARTS) is 1. The number of halogens is 3. The molecule has 1 saturated heterocycles. The molecule has 1 aliphatic rings. The van der Waals surface area contributed by atoms with Crippen molar-refractivity contribution >= 4 is 5.97 Å². The lowest BCUT2D eigenvalue weighted by Crippen LogP contribution is -2.37. The van der Waals surface area contributed by atoms with Gasteiger partial charge in [-0.15, -0.1) is 0 Å². The maximum atomic E-state index is 12.5. The molecule has 2 atom stereocenters. The number of benzene rings is 1. The Morgan fingerprint density at radius 2 is 1.95 bits per heavy atom. The van der Waals surface area contributed by atoms with Gasteiger partial charge in [0.05, 0.1) is 5.56 Å². The first kappa shape index (κ1) is 14.8. The summed E-state index contributed by atoms with van der Waals surface area (Å²) >= 11 is 0. The minimum atomic E-state index is -4.35. The summed E-state index contributed by atoms with van der Waals surface area (Å²) in [6.07, 6.45) is -2.97. The van der Waals surface area contributed by atoms with E-state index in [1.807, 2.05) is 11.8 Å². The smallest absolute Gasteiger partial charge is 0.416 e. The number of hydrogen-bond donors (Lipinski definition) is 1. The van der Waals surface area contributed by atoms with Gasteiger partial charge in [-0.05, 0) is 44.0 Å². The zero-order valence-electron chi connectivity index (χ0n) is 11.0. The molecule has 2 rings (SSSR count). The van der Waals surface area contributed by atoms with Crippen molar-refractivity contribution in [2.45, 2.75) is 38.0 Å². The molecule has 1 fully saturated rings. The molecule has 1 heterocycles. The lowest BCUT2D eigenvalue weighted by molar-refractivity contribution is -0.143. The van der Waals surface area contributed by atoms with E-state index in [4.69, 9.17) is 5.11 Å². The molecule has 2 unspecified atom stereocenters. The number of likely N-dealkylation sites (tertiary alicyclic amines) is 1. The summed E-state index contributed by atoms with van der Waals surface area (Å²) in [6, 6.07) is 4.17. The molecule has 0 saturated carbocycles. The normalized spacial score (nSPS) is 21.9. The van der Waals surface area contributed by atoms with Crippen LogP contribution in [0, 0.1) is 0 Å². The van der Waals surface area contributed by atoms with Crippen molar-refractivity contribution in [1.82, 2.24) is 4.90 Å². The van der Waals surface area contributed by atoms with E-state index in [2.05, 4.69) is 0 Å². The Labute approximate surface area is 115 Å². The second-order valence-electron chi connectivity index (χ2n) is 5.03. The molecule has 1 aromatic carbocycles. The third-order valence-corrected chi connectivity index (χ3v) is 3.80. The number of aliphatic carboxylic acids is 1. The van der Waals surface area contributed by atoms with E-state index in [0.29, 0.717) is 18.5 Å². The zero-order valence-corrected chi connectivity index (χ0v) is 11.0. The third kappa shape index (κ3) is 2.95. The second-order valence-corrected chi connectivity index (χ2v) is 5.03. The number of hydrogen-bond acceptors (Lipinski definition) is 2. The highest BCUT2D eigenvalue weighted by Gasteiger charge is 2.35. The minimum absolute atomic E-state index is 0.208. The molecular formula is C14H16F3NO2. The Kier molecular flexibility index (Phi) is 4.04. The van der Waals surface area contributed by atoms with Crippen LogP contribution in [-0.4, -0.2) is 28.6 Å². The number of nitrogens with zero attached hydrogens (tertiary/aromatic N) is 1. The molecule has 0 bridgehead atoms. The summed E-state index contributed by atoms with van der Waals surface area (Å²) in [6.45, 7) is 2.48. The highest BCUT2D eigenvalue weighted by atomic mass is 19.4. The lowest BCUT2D eigenvalue weighted by Gasteiger charge is -2.28. The standard InChI is InChI=1S/C14H16F3NO2/c1-9(18-8-2-3-12(18)13(19)20)10-4-6-11(7-5-10)14(15,16)17/h4-7,9,12H,2-3,8H2,1H3,(H,19,20). The topological polar surface area (TPSA) is 40.5 Å². The van der Waals surface area contributed by atoms with E-state index >= 15 is 0 Å². The van der Waals surface area contributed by atoms with Gasteiger partial charge in [0, 0.05) is 6.04 Å². The fourth-order valence-corrected chi connectivity index (χ4v) is 2.66.